The molecule has 0 heterocycles. The summed E-state index contributed by atoms with van der Waals surface area (Å²) in [4.78, 5) is 10.8. The summed E-state index contributed by atoms with van der Waals surface area (Å²) in [7, 11) is 0. The largest absolute Gasteiger partial charge is 0.478 e. The Labute approximate surface area is 111 Å². The lowest BCUT2D eigenvalue weighted by molar-refractivity contribution is -0.132. The first-order valence-electron chi connectivity index (χ1n) is 5.88. The highest BCUT2D eigenvalue weighted by Gasteiger charge is 2.10. The molecule has 2 aromatic rings. The molecule has 0 saturated carbocycles. The maximum atomic E-state index is 10.8. The zero-order valence-electron chi connectivity index (χ0n) is 10.4. The van der Waals surface area contributed by atoms with Crippen LogP contribution in [-0.2, 0) is 11.2 Å². The number of carboxylic acids is 1. The van der Waals surface area contributed by atoms with Gasteiger partial charge in [-0.05, 0) is 23.8 Å². The average molecular weight is 254 g/mol. The van der Waals surface area contributed by atoms with Crippen LogP contribution in [0.25, 0.3) is 0 Å². The van der Waals surface area contributed by atoms with E-state index in [1.165, 1.54) is 0 Å². The molecule has 0 saturated heterocycles. The van der Waals surface area contributed by atoms with E-state index < -0.39 is 5.97 Å². The van der Waals surface area contributed by atoms with Crippen molar-refractivity contribution in [1.82, 2.24) is 0 Å². The summed E-state index contributed by atoms with van der Waals surface area (Å²) < 4.78 is 5.76. The number of para-hydroxylation sites is 2. The van der Waals surface area contributed by atoms with E-state index in [2.05, 4.69) is 6.58 Å². The van der Waals surface area contributed by atoms with Gasteiger partial charge in [0.15, 0.2) is 0 Å². The third-order valence-corrected chi connectivity index (χ3v) is 2.65. The minimum atomic E-state index is -0.991. The standard InChI is InChI=1S/C16H14O3/c1-12(16(17)18)11-13-7-5-6-10-15(13)19-14-8-3-2-4-9-14/h2-10H,1,11H2,(H,17,18). The average Bonchev–Trinajstić information content (AvgIpc) is 2.42. The summed E-state index contributed by atoms with van der Waals surface area (Å²) in [5, 5.41) is 8.88. The van der Waals surface area contributed by atoms with Gasteiger partial charge in [0.25, 0.3) is 0 Å². The number of benzene rings is 2. The molecule has 0 atom stereocenters. The van der Waals surface area contributed by atoms with E-state index in [0.29, 0.717) is 5.75 Å². The number of hydrogen-bond donors (Lipinski definition) is 1. The maximum absolute atomic E-state index is 10.8. The normalized spacial score (nSPS) is 9.89. The van der Waals surface area contributed by atoms with Crippen LogP contribution in [0.3, 0.4) is 0 Å². The first-order chi connectivity index (χ1) is 9.16. The van der Waals surface area contributed by atoms with Crippen molar-refractivity contribution in [3.63, 3.8) is 0 Å². The Balaban J connectivity index is 2.21. The van der Waals surface area contributed by atoms with Gasteiger partial charge in [-0.25, -0.2) is 4.79 Å². The molecular formula is C16H14O3. The molecule has 2 rings (SSSR count). The maximum Gasteiger partial charge on any atom is 0.331 e. The summed E-state index contributed by atoms with van der Waals surface area (Å²) in [5.74, 6) is 0.376. The van der Waals surface area contributed by atoms with Crippen LogP contribution in [0.4, 0.5) is 0 Å². The van der Waals surface area contributed by atoms with E-state index in [4.69, 9.17) is 9.84 Å². The fourth-order valence-corrected chi connectivity index (χ4v) is 1.67. The van der Waals surface area contributed by atoms with Crippen molar-refractivity contribution < 1.29 is 14.6 Å². The van der Waals surface area contributed by atoms with Crippen molar-refractivity contribution in [2.75, 3.05) is 0 Å². The lowest BCUT2D eigenvalue weighted by Gasteiger charge is -2.10. The van der Waals surface area contributed by atoms with Gasteiger partial charge in [-0.2, -0.15) is 0 Å². The second-order valence-corrected chi connectivity index (χ2v) is 4.11. The van der Waals surface area contributed by atoms with E-state index in [1.807, 2.05) is 54.6 Å². The van der Waals surface area contributed by atoms with Crippen molar-refractivity contribution in [1.29, 1.82) is 0 Å². The first kappa shape index (κ1) is 12.9. The Bertz CT molecular complexity index is 588. The highest BCUT2D eigenvalue weighted by molar-refractivity contribution is 5.86. The molecule has 0 unspecified atom stereocenters. The molecule has 0 radical (unpaired) electrons. The third-order valence-electron chi connectivity index (χ3n) is 2.65. The van der Waals surface area contributed by atoms with E-state index in [-0.39, 0.29) is 12.0 Å². The van der Waals surface area contributed by atoms with E-state index in [9.17, 15) is 4.79 Å². The molecule has 2 aromatic carbocycles. The molecule has 1 N–H and O–H groups in total. The fourth-order valence-electron chi connectivity index (χ4n) is 1.67. The molecule has 0 aliphatic rings. The van der Waals surface area contributed by atoms with Gasteiger partial charge in [-0.1, -0.05) is 43.0 Å². The summed E-state index contributed by atoms with van der Waals surface area (Å²) in [5.41, 5.74) is 0.947. The Morgan fingerprint density at radius 2 is 1.68 bits per heavy atom. The molecule has 96 valence electrons. The summed E-state index contributed by atoms with van der Waals surface area (Å²) in [6.07, 6.45) is 0.262. The van der Waals surface area contributed by atoms with Gasteiger partial charge in [0, 0.05) is 12.0 Å². The smallest absolute Gasteiger partial charge is 0.331 e. The minimum Gasteiger partial charge on any atom is -0.478 e. The van der Waals surface area contributed by atoms with Crippen LogP contribution in [0.15, 0.2) is 66.7 Å². The third kappa shape index (κ3) is 3.45. The number of hydrogen-bond acceptors (Lipinski definition) is 2. The van der Waals surface area contributed by atoms with Crippen LogP contribution < -0.4 is 4.74 Å². The topological polar surface area (TPSA) is 46.5 Å². The van der Waals surface area contributed by atoms with E-state index in [0.717, 1.165) is 11.3 Å². The van der Waals surface area contributed by atoms with Gasteiger partial charge >= 0.3 is 5.97 Å². The second kappa shape index (κ2) is 5.87. The van der Waals surface area contributed by atoms with Gasteiger partial charge in [0.2, 0.25) is 0 Å². The van der Waals surface area contributed by atoms with Crippen molar-refractivity contribution in [3.05, 3.63) is 72.3 Å². The fraction of sp³-hybridized carbons (Fsp3) is 0.0625. The predicted molar refractivity (Wildman–Crippen MR) is 73.4 cm³/mol. The summed E-state index contributed by atoms with van der Waals surface area (Å²) in [6, 6.07) is 16.7. The molecular weight excluding hydrogens is 240 g/mol. The van der Waals surface area contributed by atoms with Gasteiger partial charge in [0.05, 0.1) is 0 Å². The summed E-state index contributed by atoms with van der Waals surface area (Å²) >= 11 is 0. The van der Waals surface area contributed by atoms with Crippen LogP contribution in [0, 0.1) is 0 Å². The van der Waals surface area contributed by atoms with E-state index >= 15 is 0 Å². The number of carbonyl (C=O) groups is 1. The number of rotatable bonds is 5. The minimum absolute atomic E-state index is 0.143. The van der Waals surface area contributed by atoms with Gasteiger partial charge in [0.1, 0.15) is 11.5 Å². The van der Waals surface area contributed by atoms with E-state index in [1.54, 1.807) is 0 Å². The molecule has 0 aliphatic carbocycles. The number of aliphatic carboxylic acids is 1. The number of carboxylic acid groups (broad SMARTS) is 1. The lowest BCUT2D eigenvalue weighted by atomic mass is 10.1. The molecule has 0 aliphatic heterocycles. The van der Waals surface area contributed by atoms with Crippen LogP contribution >= 0.6 is 0 Å². The molecule has 0 spiro atoms. The lowest BCUT2D eigenvalue weighted by Crippen LogP contribution is -2.03. The predicted octanol–water partition coefficient (Wildman–Crippen LogP) is 3.66. The molecule has 0 aromatic heterocycles. The quantitative estimate of drug-likeness (QED) is 0.828. The van der Waals surface area contributed by atoms with Crippen LogP contribution in [-0.4, -0.2) is 11.1 Å². The van der Waals surface area contributed by atoms with Gasteiger partial charge < -0.3 is 9.84 Å². The van der Waals surface area contributed by atoms with Crippen molar-refractivity contribution in [3.8, 4) is 11.5 Å². The Morgan fingerprint density at radius 1 is 1.05 bits per heavy atom. The van der Waals surface area contributed by atoms with Crippen molar-refractivity contribution >= 4 is 5.97 Å². The molecule has 0 amide bonds. The molecule has 3 nitrogen and oxygen atoms in total. The molecule has 0 bridgehead atoms. The highest BCUT2D eigenvalue weighted by Crippen LogP contribution is 2.26. The SMILES string of the molecule is C=C(Cc1ccccc1Oc1ccccc1)C(=O)O. The molecule has 19 heavy (non-hydrogen) atoms. The van der Waals surface area contributed by atoms with Crippen molar-refractivity contribution in [2.45, 2.75) is 6.42 Å². The van der Waals surface area contributed by atoms with Gasteiger partial charge in [-0.15, -0.1) is 0 Å². The van der Waals surface area contributed by atoms with Gasteiger partial charge in [-0.3, -0.25) is 0 Å². The Hall–Kier alpha value is -2.55. The van der Waals surface area contributed by atoms with Crippen molar-refractivity contribution in [2.24, 2.45) is 0 Å². The first-order valence-corrected chi connectivity index (χ1v) is 5.88. The van der Waals surface area contributed by atoms with Crippen LogP contribution in [0.5, 0.6) is 11.5 Å². The molecule has 3 heteroatoms. The Morgan fingerprint density at radius 3 is 2.37 bits per heavy atom. The zero-order chi connectivity index (χ0) is 13.7. The molecule has 0 fully saturated rings. The monoisotopic (exact) mass is 254 g/mol. The highest BCUT2D eigenvalue weighted by atomic mass is 16.5. The summed E-state index contributed by atoms with van der Waals surface area (Å²) in [6.45, 7) is 3.54. The number of ether oxygens (including phenoxy) is 1. The second-order valence-electron chi connectivity index (χ2n) is 4.11. The zero-order valence-corrected chi connectivity index (χ0v) is 10.4. The Kier molecular flexibility index (Phi) is 3.98. The van der Waals surface area contributed by atoms with Crippen LogP contribution in [0.1, 0.15) is 5.56 Å². The van der Waals surface area contributed by atoms with Crippen LogP contribution in [0.2, 0.25) is 0 Å².